The predicted molar refractivity (Wildman–Crippen MR) is 347 cm³/mol. The summed E-state index contributed by atoms with van der Waals surface area (Å²) in [5.41, 5.74) is 0. The first-order chi connectivity index (χ1) is 39.0. The molecular formula is C73H143NO5. The summed E-state index contributed by atoms with van der Waals surface area (Å²) in [4.78, 5) is 24.6. The van der Waals surface area contributed by atoms with Gasteiger partial charge in [0.2, 0.25) is 5.91 Å². The van der Waals surface area contributed by atoms with Crippen molar-refractivity contribution >= 4 is 11.9 Å². The van der Waals surface area contributed by atoms with Crippen LogP contribution in [0, 0.1) is 0 Å². The van der Waals surface area contributed by atoms with Crippen LogP contribution in [0.3, 0.4) is 0 Å². The summed E-state index contributed by atoms with van der Waals surface area (Å²) in [6.45, 7) is 4.99. The summed E-state index contributed by atoms with van der Waals surface area (Å²) in [5.74, 6) is -0.0183. The molecule has 0 saturated heterocycles. The third kappa shape index (κ3) is 65.6. The molecule has 470 valence electrons. The van der Waals surface area contributed by atoms with Gasteiger partial charge in [0.1, 0.15) is 0 Å². The van der Waals surface area contributed by atoms with Crippen molar-refractivity contribution < 1.29 is 24.5 Å². The van der Waals surface area contributed by atoms with Crippen molar-refractivity contribution in [3.05, 3.63) is 12.2 Å². The average Bonchev–Trinajstić information content (AvgIpc) is 3.45. The van der Waals surface area contributed by atoms with Crippen LogP contribution < -0.4 is 5.32 Å². The van der Waals surface area contributed by atoms with E-state index in [1.807, 2.05) is 0 Å². The van der Waals surface area contributed by atoms with E-state index in [0.29, 0.717) is 25.9 Å². The Hall–Kier alpha value is -1.40. The molecule has 0 heterocycles. The number of amides is 1. The molecule has 0 radical (unpaired) electrons. The minimum absolute atomic E-state index is 0.00973. The quantitative estimate of drug-likeness (QED) is 0.0320. The number of rotatable bonds is 69. The summed E-state index contributed by atoms with van der Waals surface area (Å²) >= 11 is 0. The second-order valence-electron chi connectivity index (χ2n) is 25.3. The maximum absolute atomic E-state index is 12.6. The number of allylic oxidation sites excluding steroid dienone is 2. The molecule has 0 fully saturated rings. The number of nitrogens with one attached hydrogen (secondary N) is 1. The lowest BCUT2D eigenvalue weighted by atomic mass is 10.0. The van der Waals surface area contributed by atoms with Crippen molar-refractivity contribution in [2.45, 2.75) is 431 Å². The van der Waals surface area contributed by atoms with E-state index in [4.69, 9.17) is 4.74 Å². The first-order valence-electron chi connectivity index (χ1n) is 36.4. The first kappa shape index (κ1) is 77.6. The normalized spacial score (nSPS) is 12.5. The zero-order valence-corrected chi connectivity index (χ0v) is 53.9. The number of ether oxygens (including phenoxy) is 1. The highest BCUT2D eigenvalue weighted by molar-refractivity contribution is 5.76. The second-order valence-corrected chi connectivity index (χ2v) is 25.3. The Morgan fingerprint density at radius 2 is 0.595 bits per heavy atom. The number of esters is 1. The van der Waals surface area contributed by atoms with Crippen LogP contribution in [0.25, 0.3) is 0 Å². The van der Waals surface area contributed by atoms with Crippen molar-refractivity contribution in [1.29, 1.82) is 0 Å². The Bertz CT molecular complexity index is 1190. The minimum atomic E-state index is -0.664. The third-order valence-electron chi connectivity index (χ3n) is 17.3. The minimum Gasteiger partial charge on any atom is -0.466 e. The van der Waals surface area contributed by atoms with Crippen LogP contribution in [0.2, 0.25) is 0 Å². The van der Waals surface area contributed by atoms with Gasteiger partial charge in [-0.25, -0.2) is 0 Å². The van der Waals surface area contributed by atoms with Gasteiger partial charge in [-0.3, -0.25) is 9.59 Å². The predicted octanol–water partition coefficient (Wildman–Crippen LogP) is 23.5. The maximum Gasteiger partial charge on any atom is 0.305 e. The Balaban J connectivity index is 3.36. The smallest absolute Gasteiger partial charge is 0.305 e. The molecule has 0 bridgehead atoms. The van der Waals surface area contributed by atoms with E-state index in [0.717, 1.165) is 44.9 Å². The van der Waals surface area contributed by atoms with Crippen LogP contribution >= 0.6 is 0 Å². The summed E-state index contributed by atoms with van der Waals surface area (Å²) in [7, 11) is 0. The van der Waals surface area contributed by atoms with Crippen molar-refractivity contribution in [3.63, 3.8) is 0 Å². The highest BCUT2D eigenvalue weighted by Crippen LogP contribution is 2.20. The Morgan fingerprint density at radius 3 is 0.899 bits per heavy atom. The summed E-state index contributed by atoms with van der Waals surface area (Å²) in [5, 5.41) is 23.4. The lowest BCUT2D eigenvalue weighted by Gasteiger charge is -2.22. The number of aliphatic hydroxyl groups excluding tert-OH is 2. The third-order valence-corrected chi connectivity index (χ3v) is 17.3. The Labute approximate surface area is 495 Å². The molecule has 0 aliphatic heterocycles. The van der Waals surface area contributed by atoms with E-state index in [1.165, 1.54) is 340 Å². The highest BCUT2D eigenvalue weighted by atomic mass is 16.5. The van der Waals surface area contributed by atoms with Crippen molar-refractivity contribution in [1.82, 2.24) is 5.32 Å². The summed E-state index contributed by atoms with van der Waals surface area (Å²) < 4.78 is 5.49. The van der Waals surface area contributed by atoms with Crippen molar-refractivity contribution in [2.24, 2.45) is 0 Å². The topological polar surface area (TPSA) is 95.9 Å². The van der Waals surface area contributed by atoms with Gasteiger partial charge in [0.15, 0.2) is 0 Å². The molecule has 0 saturated carbocycles. The van der Waals surface area contributed by atoms with Crippen molar-refractivity contribution in [3.8, 4) is 0 Å². The van der Waals surface area contributed by atoms with Gasteiger partial charge in [-0.15, -0.1) is 0 Å². The fraction of sp³-hybridized carbons (Fsp3) is 0.945. The molecule has 6 heteroatoms. The number of hydrogen-bond acceptors (Lipinski definition) is 5. The molecule has 6 nitrogen and oxygen atoms in total. The molecule has 0 aliphatic rings. The fourth-order valence-electron chi connectivity index (χ4n) is 11.8. The molecule has 3 N–H and O–H groups in total. The van der Waals surface area contributed by atoms with E-state index in [9.17, 15) is 19.8 Å². The van der Waals surface area contributed by atoms with Gasteiger partial charge in [0.05, 0.1) is 25.4 Å². The van der Waals surface area contributed by atoms with Gasteiger partial charge >= 0.3 is 5.97 Å². The molecule has 2 atom stereocenters. The Morgan fingerprint density at radius 1 is 0.342 bits per heavy atom. The molecule has 0 aromatic rings. The number of aliphatic hydroxyl groups is 2. The van der Waals surface area contributed by atoms with E-state index >= 15 is 0 Å². The zero-order valence-electron chi connectivity index (χ0n) is 53.9. The van der Waals surface area contributed by atoms with E-state index in [2.05, 4.69) is 31.3 Å². The Kier molecular flexibility index (Phi) is 67.9. The summed E-state index contributed by atoms with van der Waals surface area (Å²) in [6.07, 6.45) is 85.5. The van der Waals surface area contributed by atoms with Gasteiger partial charge in [-0.1, -0.05) is 366 Å². The monoisotopic (exact) mass is 1110 g/mol. The molecule has 0 rings (SSSR count). The van der Waals surface area contributed by atoms with Gasteiger partial charge in [0.25, 0.3) is 0 Å². The number of carbonyl (C=O) groups excluding carboxylic acids is 2. The lowest BCUT2D eigenvalue weighted by Crippen LogP contribution is -2.45. The van der Waals surface area contributed by atoms with Gasteiger partial charge in [-0.05, 0) is 51.4 Å². The van der Waals surface area contributed by atoms with Crippen LogP contribution in [-0.4, -0.2) is 47.4 Å². The number of carbonyl (C=O) groups is 2. The van der Waals surface area contributed by atoms with Crippen LogP contribution in [0.1, 0.15) is 418 Å². The number of hydrogen-bond donors (Lipinski definition) is 3. The van der Waals surface area contributed by atoms with E-state index in [1.54, 1.807) is 0 Å². The molecule has 0 aliphatic carbocycles. The molecule has 0 spiro atoms. The first-order valence-corrected chi connectivity index (χ1v) is 36.4. The molecular weight excluding hydrogens is 971 g/mol. The van der Waals surface area contributed by atoms with Crippen LogP contribution in [-0.2, 0) is 14.3 Å². The van der Waals surface area contributed by atoms with E-state index in [-0.39, 0.29) is 18.5 Å². The van der Waals surface area contributed by atoms with Gasteiger partial charge in [-0.2, -0.15) is 0 Å². The second kappa shape index (κ2) is 69.1. The molecule has 0 aromatic heterocycles. The van der Waals surface area contributed by atoms with Gasteiger partial charge < -0.3 is 20.3 Å². The number of unbranched alkanes of at least 4 members (excludes halogenated alkanes) is 56. The van der Waals surface area contributed by atoms with Crippen molar-refractivity contribution in [2.75, 3.05) is 13.2 Å². The standard InChI is InChI=1S/C73H143NO5/c1-3-5-7-9-11-13-15-17-19-20-21-22-28-31-34-38-41-45-49-53-57-61-65-71(76)70(69-75)74-72(77)66-62-58-54-50-46-42-39-35-32-29-26-24-23-25-27-30-33-36-40-44-48-52-56-60-64-68-79-73(78)67-63-59-55-51-47-43-37-18-16-14-12-10-8-6-4-2/h18,37,70-71,75-76H,3-17,19-36,38-69H2,1-2H3,(H,74,77)/b37-18-. The SMILES string of the molecule is CCCCCCCC/C=C\CCCCCCCC(=O)OCCCCCCCCCCCCCCCCCCCCCCCCCCCC(=O)NC(CO)C(O)CCCCCCCCCCCCCCCCCCCCCCCC. The van der Waals surface area contributed by atoms with Crippen LogP contribution in [0.15, 0.2) is 12.2 Å². The summed E-state index contributed by atoms with van der Waals surface area (Å²) in [6, 6.07) is -0.541. The molecule has 1 amide bonds. The fourth-order valence-corrected chi connectivity index (χ4v) is 11.8. The van der Waals surface area contributed by atoms with Crippen LogP contribution in [0.4, 0.5) is 0 Å². The lowest BCUT2D eigenvalue weighted by molar-refractivity contribution is -0.143. The largest absolute Gasteiger partial charge is 0.466 e. The maximum atomic E-state index is 12.6. The highest BCUT2D eigenvalue weighted by Gasteiger charge is 2.20. The zero-order chi connectivity index (χ0) is 57.1. The van der Waals surface area contributed by atoms with Crippen LogP contribution in [0.5, 0.6) is 0 Å². The molecule has 2 unspecified atom stereocenters. The average molecular weight is 1110 g/mol. The molecule has 0 aromatic carbocycles. The van der Waals surface area contributed by atoms with Gasteiger partial charge in [0, 0.05) is 12.8 Å². The van der Waals surface area contributed by atoms with E-state index < -0.39 is 12.1 Å². The molecule has 79 heavy (non-hydrogen) atoms.